The number of unbranched alkanes of at least 4 members (excludes halogenated alkanes) is 46. The van der Waals surface area contributed by atoms with Gasteiger partial charge in [0.05, 0.1) is 40.3 Å². The first-order valence-electron chi connectivity index (χ1n) is 37.9. The van der Waals surface area contributed by atoms with E-state index in [1.165, 1.54) is 270 Å². The second-order valence-corrected chi connectivity index (χ2v) is 26.9. The number of quaternary nitrogens is 1. The van der Waals surface area contributed by atoms with Gasteiger partial charge >= 0.3 is 11.9 Å². The molecule has 2 unspecified atom stereocenters. The van der Waals surface area contributed by atoms with Gasteiger partial charge < -0.3 is 33.3 Å². The summed E-state index contributed by atoms with van der Waals surface area (Å²) >= 11 is 0. The minimum absolute atomic E-state index is 0.150. The van der Waals surface area contributed by atoms with Crippen molar-refractivity contribution in [3.63, 3.8) is 0 Å². The number of likely N-dealkylation sites (N-methyl/N-ethyl adjacent to an activating group) is 1. The smallest absolute Gasteiger partial charge is 0.306 e. The van der Waals surface area contributed by atoms with Gasteiger partial charge in [-0.15, -0.1) is 0 Å². The van der Waals surface area contributed by atoms with Crippen LogP contribution in [0.3, 0.4) is 0 Å². The highest BCUT2D eigenvalue weighted by atomic mass is 16.7. The molecule has 0 bridgehead atoms. The van der Waals surface area contributed by atoms with Gasteiger partial charge in [0.15, 0.2) is 12.4 Å². The number of esters is 2. The normalized spacial score (nSPS) is 13.0. The van der Waals surface area contributed by atoms with E-state index in [4.69, 9.17) is 18.9 Å². The Morgan fingerprint density at radius 2 is 0.648 bits per heavy atom. The monoisotopic (exact) mass is 1240 g/mol. The third-order valence-corrected chi connectivity index (χ3v) is 17.0. The molecule has 0 saturated heterocycles. The molecular formula is C79H145NO8. The third-order valence-electron chi connectivity index (χ3n) is 17.0. The Balaban J connectivity index is 4.02. The molecule has 0 spiro atoms. The minimum atomic E-state index is -1.62. The van der Waals surface area contributed by atoms with Crippen molar-refractivity contribution in [2.24, 2.45) is 0 Å². The number of carbonyl (C=O) groups excluding carboxylic acids is 3. The number of hydrogen-bond donors (Lipinski definition) is 0. The highest BCUT2D eigenvalue weighted by molar-refractivity contribution is 5.70. The molecule has 0 aromatic carbocycles. The molecule has 0 aromatic heterocycles. The molecule has 9 nitrogen and oxygen atoms in total. The summed E-state index contributed by atoms with van der Waals surface area (Å²) in [5.74, 6) is -2.25. The average Bonchev–Trinajstić information content (AvgIpc) is 3.54. The molecule has 9 heteroatoms. The average molecular weight is 1240 g/mol. The number of carboxylic acids is 1. The molecule has 0 fully saturated rings. The van der Waals surface area contributed by atoms with Crippen molar-refractivity contribution < 1.29 is 42.9 Å². The van der Waals surface area contributed by atoms with Gasteiger partial charge in [0, 0.05) is 12.8 Å². The van der Waals surface area contributed by atoms with Gasteiger partial charge in [-0.1, -0.05) is 357 Å². The van der Waals surface area contributed by atoms with E-state index in [1.54, 1.807) is 0 Å². The largest absolute Gasteiger partial charge is 0.545 e. The molecule has 0 saturated carbocycles. The number of ether oxygens (including phenoxy) is 4. The molecule has 0 aliphatic carbocycles. The SMILES string of the molecule is CC/C=C\C/C=C\C/C=C\C/C=C\C/C=C\CCCCCCCCCCCCCCCCCCCCCC(=O)OC(COC(=O)CCCCCCCCCCCCCCCCCCCCCCCCCCCCCC)COC(OCC[N+](C)(C)C)C(=O)[O-]. The van der Waals surface area contributed by atoms with Crippen molar-refractivity contribution in [2.45, 2.75) is 379 Å². The second-order valence-electron chi connectivity index (χ2n) is 26.9. The molecule has 88 heavy (non-hydrogen) atoms. The van der Waals surface area contributed by atoms with E-state index in [9.17, 15) is 19.5 Å². The first-order valence-corrected chi connectivity index (χ1v) is 37.9. The Bertz CT molecular complexity index is 1630. The summed E-state index contributed by atoms with van der Waals surface area (Å²) in [6, 6.07) is 0. The fourth-order valence-corrected chi connectivity index (χ4v) is 11.3. The van der Waals surface area contributed by atoms with Gasteiger partial charge in [0.1, 0.15) is 13.2 Å². The van der Waals surface area contributed by atoms with Crippen molar-refractivity contribution >= 4 is 17.9 Å². The molecule has 0 rings (SSSR count). The summed E-state index contributed by atoms with van der Waals surface area (Å²) in [5, 5.41) is 11.8. The van der Waals surface area contributed by atoms with Crippen LogP contribution in [0.25, 0.3) is 0 Å². The van der Waals surface area contributed by atoms with Gasteiger partial charge in [-0.05, 0) is 57.8 Å². The number of hydrogen-bond acceptors (Lipinski definition) is 8. The van der Waals surface area contributed by atoms with Crippen LogP contribution in [0.2, 0.25) is 0 Å². The van der Waals surface area contributed by atoms with Gasteiger partial charge in [0.25, 0.3) is 0 Å². The fourth-order valence-electron chi connectivity index (χ4n) is 11.3. The van der Waals surface area contributed by atoms with Crippen LogP contribution in [0.1, 0.15) is 367 Å². The second kappa shape index (κ2) is 69.9. The molecule has 0 radical (unpaired) electrons. The number of nitrogens with zero attached hydrogens (tertiary/aromatic N) is 1. The van der Waals surface area contributed by atoms with Crippen molar-refractivity contribution in [1.82, 2.24) is 0 Å². The zero-order valence-electron chi connectivity index (χ0n) is 58.9. The number of rotatable bonds is 71. The maximum Gasteiger partial charge on any atom is 0.306 e. The Kier molecular flexibility index (Phi) is 67.5. The van der Waals surface area contributed by atoms with Crippen LogP contribution >= 0.6 is 0 Å². The summed E-state index contributed by atoms with van der Waals surface area (Å²) in [6.07, 6.45) is 89.0. The minimum Gasteiger partial charge on any atom is -0.545 e. The maximum atomic E-state index is 13.0. The molecule has 514 valence electrons. The summed E-state index contributed by atoms with van der Waals surface area (Å²) in [7, 11) is 5.95. The summed E-state index contributed by atoms with van der Waals surface area (Å²) < 4.78 is 22.9. The van der Waals surface area contributed by atoms with Crippen molar-refractivity contribution in [2.75, 3.05) is 47.5 Å². The maximum absolute atomic E-state index is 13.0. The highest BCUT2D eigenvalue weighted by Gasteiger charge is 2.22. The molecule has 0 aromatic rings. The Morgan fingerprint density at radius 3 is 0.966 bits per heavy atom. The van der Waals surface area contributed by atoms with E-state index >= 15 is 0 Å². The van der Waals surface area contributed by atoms with E-state index in [1.807, 2.05) is 21.1 Å². The lowest BCUT2D eigenvalue weighted by molar-refractivity contribution is -0.870. The number of carboxylic acid groups (broad SMARTS) is 1. The van der Waals surface area contributed by atoms with E-state index in [-0.39, 0.29) is 32.2 Å². The molecular weight excluding hydrogens is 1090 g/mol. The lowest BCUT2D eigenvalue weighted by Gasteiger charge is -2.26. The lowest BCUT2D eigenvalue weighted by atomic mass is 10.0. The van der Waals surface area contributed by atoms with Gasteiger partial charge in [-0.2, -0.15) is 0 Å². The van der Waals surface area contributed by atoms with Gasteiger partial charge in [-0.25, -0.2) is 0 Å². The van der Waals surface area contributed by atoms with E-state index in [0.717, 1.165) is 64.2 Å². The van der Waals surface area contributed by atoms with Crippen molar-refractivity contribution in [3.05, 3.63) is 60.8 Å². The Morgan fingerprint density at radius 1 is 0.352 bits per heavy atom. The van der Waals surface area contributed by atoms with Crippen LogP contribution in [0.15, 0.2) is 60.8 Å². The fraction of sp³-hybridized carbons (Fsp3) is 0.835. The third kappa shape index (κ3) is 70.4. The van der Waals surface area contributed by atoms with Crippen LogP contribution in [0.5, 0.6) is 0 Å². The first-order chi connectivity index (χ1) is 43.1. The molecule has 0 N–H and O–H groups in total. The van der Waals surface area contributed by atoms with Crippen LogP contribution in [0, 0.1) is 0 Å². The predicted octanol–water partition coefficient (Wildman–Crippen LogP) is 22.5. The number of allylic oxidation sites excluding steroid dienone is 10. The van der Waals surface area contributed by atoms with Crippen LogP contribution < -0.4 is 5.11 Å². The van der Waals surface area contributed by atoms with E-state index in [2.05, 4.69) is 74.6 Å². The Labute approximate surface area is 545 Å². The van der Waals surface area contributed by atoms with E-state index < -0.39 is 24.3 Å². The highest BCUT2D eigenvalue weighted by Crippen LogP contribution is 2.19. The van der Waals surface area contributed by atoms with E-state index in [0.29, 0.717) is 23.9 Å². The topological polar surface area (TPSA) is 111 Å². The first kappa shape index (κ1) is 85.0. The molecule has 0 heterocycles. The van der Waals surface area contributed by atoms with Crippen LogP contribution in [-0.2, 0) is 33.3 Å². The standard InChI is InChI=1S/C79H145NO8/c1-6-8-10-12-14-16-18-20-22-24-26-28-30-32-34-36-37-38-39-40-41-42-44-46-48-50-52-54-56-58-60-62-64-66-68-70-77(82)88-75(74-87-79(78(83)84)85-72-71-80(3,4)5)73-86-76(81)69-67-65-63-61-59-57-55-53-51-49-47-45-43-35-33-31-29-27-25-23-21-19-17-15-13-11-9-7-2/h8,10,14,16,20,22,26,28,32,34,75,79H,6-7,9,11-13,15,17-19,21,23-25,27,29-31,33,35-74H2,1-5H3/b10-8-,16-14-,22-20-,28-26-,34-32-. The van der Waals surface area contributed by atoms with Crippen LogP contribution in [0.4, 0.5) is 0 Å². The Hall–Kier alpha value is -3.01. The lowest BCUT2D eigenvalue weighted by Crippen LogP contribution is -2.44. The molecule has 0 aliphatic rings. The molecule has 2 atom stereocenters. The zero-order chi connectivity index (χ0) is 64.0. The summed E-state index contributed by atoms with van der Waals surface area (Å²) in [4.78, 5) is 37.6. The van der Waals surface area contributed by atoms with Gasteiger partial charge in [0.2, 0.25) is 0 Å². The molecule has 0 aliphatic heterocycles. The van der Waals surface area contributed by atoms with Crippen molar-refractivity contribution in [3.8, 4) is 0 Å². The molecule has 0 amide bonds. The predicted molar refractivity (Wildman–Crippen MR) is 375 cm³/mol. The van der Waals surface area contributed by atoms with Crippen LogP contribution in [-0.4, -0.2) is 82.3 Å². The zero-order valence-corrected chi connectivity index (χ0v) is 58.9. The van der Waals surface area contributed by atoms with Gasteiger partial charge in [-0.3, -0.25) is 9.59 Å². The quantitative estimate of drug-likeness (QED) is 0.0195. The number of aliphatic carboxylic acids is 1. The van der Waals surface area contributed by atoms with Crippen molar-refractivity contribution in [1.29, 1.82) is 0 Å². The summed E-state index contributed by atoms with van der Waals surface area (Å²) in [5.41, 5.74) is 0. The summed E-state index contributed by atoms with van der Waals surface area (Å²) in [6.45, 7) is 4.70. The number of carbonyl (C=O) groups is 3.